The molecule has 0 heterocycles. The first kappa shape index (κ1) is 21.5. The van der Waals surface area contributed by atoms with E-state index in [-0.39, 0.29) is 17.2 Å². The van der Waals surface area contributed by atoms with Crippen molar-refractivity contribution in [2.75, 3.05) is 0 Å². The van der Waals surface area contributed by atoms with Gasteiger partial charge in [-0.3, -0.25) is 9.71 Å². The topological polar surface area (TPSA) is 95.8 Å². The smallest absolute Gasteiger partial charge is 0.328 e. The Hall–Kier alpha value is -3.16. The van der Waals surface area contributed by atoms with Crippen molar-refractivity contribution in [3.8, 4) is 0 Å². The summed E-state index contributed by atoms with van der Waals surface area (Å²) >= 11 is 5.84. The first-order valence-corrected chi connectivity index (χ1v) is 10.9. The van der Waals surface area contributed by atoms with E-state index in [1.54, 1.807) is 54.6 Å². The highest BCUT2D eigenvalue weighted by atomic mass is 35.5. The van der Waals surface area contributed by atoms with Gasteiger partial charge in [-0.25, -0.2) is 13.2 Å². The van der Waals surface area contributed by atoms with Gasteiger partial charge in [-0.15, -0.1) is 0 Å². The predicted octanol–water partition coefficient (Wildman–Crippen LogP) is 3.76. The molecule has 0 aromatic heterocycles. The number of hydrogen-bond acceptors (Lipinski definition) is 4. The van der Waals surface area contributed by atoms with Crippen LogP contribution < -0.4 is 4.72 Å². The van der Waals surface area contributed by atoms with Gasteiger partial charge in [0.15, 0.2) is 6.04 Å². The van der Waals surface area contributed by atoms with E-state index in [4.69, 9.17) is 11.6 Å². The van der Waals surface area contributed by atoms with Gasteiger partial charge >= 0.3 is 5.97 Å². The quantitative estimate of drug-likeness (QED) is 0.430. The summed E-state index contributed by atoms with van der Waals surface area (Å²) in [6.07, 6.45) is 0.120. The second-order valence-corrected chi connectivity index (χ2v) is 8.57. The normalized spacial score (nSPS) is 12.9. The molecule has 0 aliphatic rings. The van der Waals surface area contributed by atoms with E-state index in [1.165, 1.54) is 24.3 Å². The average molecular weight is 443 g/mol. The van der Waals surface area contributed by atoms with Crippen LogP contribution in [0.1, 0.15) is 11.1 Å². The van der Waals surface area contributed by atoms with Crippen molar-refractivity contribution in [3.63, 3.8) is 0 Å². The maximum atomic E-state index is 12.9. The zero-order valence-electron chi connectivity index (χ0n) is 15.8. The summed E-state index contributed by atoms with van der Waals surface area (Å²) in [6, 6.07) is 22.0. The third-order valence-corrected chi connectivity index (χ3v) is 5.85. The van der Waals surface area contributed by atoms with Crippen molar-refractivity contribution in [2.45, 2.75) is 17.4 Å². The Morgan fingerprint density at radius 3 is 2.07 bits per heavy atom. The number of aliphatic carboxylic acids is 1. The lowest BCUT2D eigenvalue weighted by Gasteiger charge is -2.15. The minimum absolute atomic E-state index is 0.00883. The number of nitrogens with one attached hydrogen (secondary N) is 1. The molecular formula is C22H19ClN2O4S. The molecule has 6 nitrogen and oxygen atoms in total. The highest BCUT2D eigenvalue weighted by Gasteiger charge is 2.22. The lowest BCUT2D eigenvalue weighted by Crippen LogP contribution is -2.34. The molecule has 0 saturated heterocycles. The Bertz CT molecular complexity index is 1130. The number of rotatable bonds is 7. The second-order valence-electron chi connectivity index (χ2n) is 6.45. The van der Waals surface area contributed by atoms with Crippen molar-refractivity contribution in [1.29, 1.82) is 0 Å². The van der Waals surface area contributed by atoms with Crippen LogP contribution in [-0.2, 0) is 21.2 Å². The molecule has 154 valence electrons. The molecule has 3 aromatic rings. The second kappa shape index (κ2) is 9.56. The monoisotopic (exact) mass is 442 g/mol. The Balaban J connectivity index is 1.99. The number of nitrogens with zero attached hydrogens (tertiary/aromatic N) is 1. The minimum atomic E-state index is -4.00. The highest BCUT2D eigenvalue weighted by Crippen LogP contribution is 2.15. The van der Waals surface area contributed by atoms with Crippen LogP contribution in [0.4, 0.5) is 0 Å². The highest BCUT2D eigenvalue weighted by molar-refractivity contribution is 7.90. The standard InChI is InChI=1S/C22H19ClN2O4S/c23-18-11-13-19(14-12-18)30(28,29)25-21(17-9-5-2-6-10-17)24-20(22(26)27)15-16-7-3-1-4-8-16/h1-14,20H,15H2,(H,24,25)(H,26,27). The molecule has 0 radical (unpaired) electrons. The van der Waals surface area contributed by atoms with E-state index < -0.39 is 22.0 Å². The number of carbonyl (C=O) groups is 1. The van der Waals surface area contributed by atoms with Crippen LogP contribution in [0.3, 0.4) is 0 Å². The van der Waals surface area contributed by atoms with Crippen LogP contribution >= 0.6 is 11.6 Å². The summed E-state index contributed by atoms with van der Waals surface area (Å²) in [5.74, 6) is -1.20. The number of carboxylic acids is 1. The van der Waals surface area contributed by atoms with Crippen molar-refractivity contribution >= 4 is 33.4 Å². The van der Waals surface area contributed by atoms with Crippen molar-refractivity contribution < 1.29 is 18.3 Å². The molecule has 1 atom stereocenters. The van der Waals surface area contributed by atoms with Crippen LogP contribution in [0, 0.1) is 0 Å². The fraction of sp³-hybridized carbons (Fsp3) is 0.0909. The van der Waals surface area contributed by atoms with Crippen LogP contribution in [0.25, 0.3) is 0 Å². The summed E-state index contributed by atoms with van der Waals surface area (Å²) in [4.78, 5) is 16.1. The summed E-state index contributed by atoms with van der Waals surface area (Å²) in [5, 5.41) is 10.1. The molecule has 0 aliphatic heterocycles. The Morgan fingerprint density at radius 1 is 0.933 bits per heavy atom. The van der Waals surface area contributed by atoms with E-state index >= 15 is 0 Å². The van der Waals surface area contributed by atoms with E-state index in [0.29, 0.717) is 10.6 Å². The van der Waals surface area contributed by atoms with Crippen molar-refractivity contribution in [2.24, 2.45) is 4.99 Å². The number of aliphatic imine (C=N–C) groups is 1. The lowest BCUT2D eigenvalue weighted by molar-refractivity contribution is -0.138. The zero-order valence-corrected chi connectivity index (χ0v) is 17.3. The van der Waals surface area contributed by atoms with Gasteiger partial charge in [-0.1, -0.05) is 72.3 Å². The number of hydrogen-bond donors (Lipinski definition) is 2. The lowest BCUT2D eigenvalue weighted by atomic mass is 10.1. The number of benzene rings is 3. The van der Waals surface area contributed by atoms with Crippen LogP contribution in [0.2, 0.25) is 5.02 Å². The van der Waals surface area contributed by atoms with E-state index in [9.17, 15) is 18.3 Å². The third-order valence-electron chi connectivity index (χ3n) is 4.24. The van der Waals surface area contributed by atoms with E-state index in [0.717, 1.165) is 5.56 Å². The van der Waals surface area contributed by atoms with Crippen LogP contribution in [0.15, 0.2) is 94.8 Å². The van der Waals surface area contributed by atoms with Gasteiger partial charge in [-0.2, -0.15) is 0 Å². The maximum absolute atomic E-state index is 12.9. The molecule has 0 spiro atoms. The number of halogens is 1. The summed E-state index contributed by atoms with van der Waals surface area (Å²) in [6.45, 7) is 0. The molecule has 0 fully saturated rings. The van der Waals surface area contributed by atoms with Crippen molar-refractivity contribution in [1.82, 2.24) is 4.72 Å². The third kappa shape index (κ3) is 5.68. The first-order valence-electron chi connectivity index (χ1n) is 9.03. The van der Waals surface area contributed by atoms with Gasteiger partial charge < -0.3 is 5.11 Å². The van der Waals surface area contributed by atoms with Gasteiger partial charge in [0, 0.05) is 17.0 Å². The van der Waals surface area contributed by atoms with Gasteiger partial charge in [0.2, 0.25) is 0 Å². The number of amidine groups is 1. The predicted molar refractivity (Wildman–Crippen MR) is 116 cm³/mol. The molecule has 30 heavy (non-hydrogen) atoms. The van der Waals surface area contributed by atoms with Gasteiger partial charge in [-0.05, 0) is 29.8 Å². The van der Waals surface area contributed by atoms with Gasteiger partial charge in [0.05, 0.1) is 4.90 Å². The van der Waals surface area contributed by atoms with Crippen LogP contribution in [0.5, 0.6) is 0 Å². The van der Waals surface area contributed by atoms with Gasteiger partial charge in [0.25, 0.3) is 10.0 Å². The largest absolute Gasteiger partial charge is 0.480 e. The molecule has 8 heteroatoms. The summed E-state index contributed by atoms with van der Waals surface area (Å²) in [5.41, 5.74) is 1.23. The Morgan fingerprint density at radius 2 is 1.50 bits per heavy atom. The summed E-state index contributed by atoms with van der Waals surface area (Å²) < 4.78 is 28.1. The molecule has 2 N–H and O–H groups in total. The fourth-order valence-electron chi connectivity index (χ4n) is 2.74. The molecule has 0 aliphatic carbocycles. The fourth-order valence-corrected chi connectivity index (χ4v) is 3.90. The Kier molecular flexibility index (Phi) is 6.87. The molecule has 3 aromatic carbocycles. The van der Waals surface area contributed by atoms with Crippen LogP contribution in [-0.4, -0.2) is 31.4 Å². The molecule has 0 saturated carbocycles. The average Bonchev–Trinajstić information content (AvgIpc) is 2.74. The molecule has 1 unspecified atom stereocenters. The number of carboxylic acid groups (broad SMARTS) is 1. The van der Waals surface area contributed by atoms with E-state index in [1.807, 2.05) is 6.07 Å². The zero-order chi connectivity index (χ0) is 21.6. The minimum Gasteiger partial charge on any atom is -0.480 e. The number of sulfonamides is 1. The summed E-state index contributed by atoms with van der Waals surface area (Å²) in [7, 11) is -4.00. The molecule has 0 amide bonds. The SMILES string of the molecule is O=C(O)C(Cc1ccccc1)N=C(NS(=O)(=O)c1ccc(Cl)cc1)c1ccccc1. The van der Waals surface area contributed by atoms with Gasteiger partial charge in [0.1, 0.15) is 5.84 Å². The van der Waals surface area contributed by atoms with Crippen molar-refractivity contribution in [3.05, 3.63) is 101 Å². The molecular weight excluding hydrogens is 424 g/mol. The maximum Gasteiger partial charge on any atom is 0.328 e. The molecule has 0 bridgehead atoms. The molecule has 3 rings (SSSR count). The Labute approximate surface area is 179 Å². The first-order chi connectivity index (χ1) is 14.3. The van der Waals surface area contributed by atoms with E-state index in [2.05, 4.69) is 9.71 Å².